The second-order valence-electron chi connectivity index (χ2n) is 4.84. The minimum Gasteiger partial charge on any atom is -0.493 e. The zero-order valence-electron chi connectivity index (χ0n) is 12.9. The van der Waals surface area contributed by atoms with E-state index in [0.717, 1.165) is 6.42 Å². The van der Waals surface area contributed by atoms with Crippen LogP contribution in [0, 0.1) is 18.3 Å². The molecule has 0 unspecified atom stereocenters. The van der Waals surface area contributed by atoms with Gasteiger partial charge in [0.25, 0.3) is 5.91 Å². The van der Waals surface area contributed by atoms with Crippen LogP contribution in [0.1, 0.15) is 35.0 Å². The summed E-state index contributed by atoms with van der Waals surface area (Å²) in [7, 11) is 1.68. The molecule has 6 nitrogen and oxygen atoms in total. The number of carbonyl (C=O) groups is 1. The lowest BCUT2D eigenvalue weighted by atomic mass is 10.2. The van der Waals surface area contributed by atoms with Gasteiger partial charge in [-0.2, -0.15) is 10.4 Å². The van der Waals surface area contributed by atoms with Gasteiger partial charge in [0.1, 0.15) is 23.2 Å². The van der Waals surface area contributed by atoms with Crippen LogP contribution in [0.5, 0.6) is 5.75 Å². The smallest absolute Gasteiger partial charge is 0.260 e. The Balaban J connectivity index is 2.29. The summed E-state index contributed by atoms with van der Waals surface area (Å²) in [6.45, 7) is 4.27. The molecular weight excluding hydrogens is 280 g/mol. The van der Waals surface area contributed by atoms with E-state index in [1.54, 1.807) is 32.2 Å². The molecule has 114 valence electrons. The first kappa shape index (κ1) is 15.6. The number of rotatable bonds is 5. The van der Waals surface area contributed by atoms with E-state index in [9.17, 15) is 10.1 Å². The van der Waals surface area contributed by atoms with Crippen LogP contribution in [0.3, 0.4) is 0 Å². The fourth-order valence-corrected chi connectivity index (χ4v) is 2.10. The lowest BCUT2D eigenvalue weighted by Gasteiger charge is -2.11. The summed E-state index contributed by atoms with van der Waals surface area (Å²) < 4.78 is 7.08. The zero-order chi connectivity index (χ0) is 16.1. The highest BCUT2D eigenvalue weighted by Gasteiger charge is 2.18. The molecular formula is C16H18N4O2. The number of aryl methyl sites for hydroxylation is 2. The average Bonchev–Trinajstić information content (AvgIpc) is 2.78. The van der Waals surface area contributed by atoms with Gasteiger partial charge in [0.2, 0.25) is 0 Å². The highest BCUT2D eigenvalue weighted by Crippen LogP contribution is 2.22. The SMILES string of the molecule is CCCOc1ccccc1C(=O)Nc1c(C#N)c(C)nn1C. The van der Waals surface area contributed by atoms with E-state index < -0.39 is 0 Å². The fraction of sp³-hybridized carbons (Fsp3) is 0.312. The van der Waals surface area contributed by atoms with Crippen LogP contribution in [0.15, 0.2) is 24.3 Å². The van der Waals surface area contributed by atoms with Crippen molar-refractivity contribution in [2.45, 2.75) is 20.3 Å². The van der Waals surface area contributed by atoms with Gasteiger partial charge in [-0.3, -0.25) is 9.48 Å². The fourth-order valence-electron chi connectivity index (χ4n) is 2.10. The Bertz CT molecular complexity index is 728. The summed E-state index contributed by atoms with van der Waals surface area (Å²) >= 11 is 0. The number of amides is 1. The summed E-state index contributed by atoms with van der Waals surface area (Å²) in [5.74, 6) is 0.584. The molecule has 1 aromatic carbocycles. The largest absolute Gasteiger partial charge is 0.493 e. The number of anilines is 1. The van der Waals surface area contributed by atoms with Crippen molar-refractivity contribution in [3.63, 3.8) is 0 Å². The van der Waals surface area contributed by atoms with Crippen LogP contribution in [0.25, 0.3) is 0 Å². The molecule has 0 radical (unpaired) electrons. The normalized spacial score (nSPS) is 10.1. The number of benzene rings is 1. The minimum absolute atomic E-state index is 0.328. The van der Waals surface area contributed by atoms with Crippen LogP contribution in [0.4, 0.5) is 5.82 Å². The molecule has 2 aromatic rings. The number of para-hydroxylation sites is 1. The van der Waals surface area contributed by atoms with E-state index >= 15 is 0 Å². The Morgan fingerprint density at radius 2 is 2.18 bits per heavy atom. The van der Waals surface area contributed by atoms with E-state index in [1.165, 1.54) is 4.68 Å². The Labute approximate surface area is 129 Å². The molecule has 0 atom stereocenters. The highest BCUT2D eigenvalue weighted by molar-refractivity contribution is 6.06. The predicted molar refractivity (Wildman–Crippen MR) is 82.8 cm³/mol. The van der Waals surface area contributed by atoms with Gasteiger partial charge >= 0.3 is 0 Å². The standard InChI is InChI=1S/C16H18N4O2/c1-4-9-22-14-8-6-5-7-12(14)16(21)18-15-13(10-17)11(2)19-20(15)3/h5-8H,4,9H2,1-3H3,(H,18,21). The van der Waals surface area contributed by atoms with Gasteiger partial charge < -0.3 is 10.1 Å². The summed E-state index contributed by atoms with van der Waals surface area (Å²) in [4.78, 5) is 12.5. The van der Waals surface area contributed by atoms with E-state index in [0.29, 0.717) is 35.0 Å². The topological polar surface area (TPSA) is 79.9 Å². The van der Waals surface area contributed by atoms with Crippen molar-refractivity contribution >= 4 is 11.7 Å². The van der Waals surface area contributed by atoms with E-state index in [1.807, 2.05) is 13.0 Å². The summed E-state index contributed by atoms with van der Waals surface area (Å²) in [6.07, 6.45) is 0.857. The molecule has 0 aliphatic rings. The number of hydrogen-bond donors (Lipinski definition) is 1. The number of aromatic nitrogens is 2. The van der Waals surface area contributed by atoms with Gasteiger partial charge in [-0.05, 0) is 25.5 Å². The molecule has 0 saturated carbocycles. The summed E-state index contributed by atoms with van der Waals surface area (Å²) in [5.41, 5.74) is 1.37. The maximum atomic E-state index is 12.5. The number of ether oxygens (including phenoxy) is 1. The molecule has 2 rings (SSSR count). The minimum atomic E-state index is -0.328. The first-order valence-electron chi connectivity index (χ1n) is 7.05. The maximum Gasteiger partial charge on any atom is 0.260 e. The Morgan fingerprint density at radius 1 is 1.45 bits per heavy atom. The van der Waals surface area contributed by atoms with Crippen molar-refractivity contribution in [2.75, 3.05) is 11.9 Å². The Kier molecular flexibility index (Phi) is 4.79. The third kappa shape index (κ3) is 3.09. The van der Waals surface area contributed by atoms with E-state index in [2.05, 4.69) is 16.5 Å². The van der Waals surface area contributed by atoms with Gasteiger partial charge in [0.15, 0.2) is 0 Å². The first-order valence-corrected chi connectivity index (χ1v) is 7.05. The van der Waals surface area contributed by atoms with Gasteiger partial charge in [-0.1, -0.05) is 19.1 Å². The predicted octanol–water partition coefficient (Wildman–Crippen LogP) is 2.64. The van der Waals surface area contributed by atoms with Crippen LogP contribution in [-0.4, -0.2) is 22.3 Å². The van der Waals surface area contributed by atoms with Crippen LogP contribution >= 0.6 is 0 Å². The second-order valence-corrected chi connectivity index (χ2v) is 4.84. The molecule has 1 amide bonds. The van der Waals surface area contributed by atoms with Crippen molar-refractivity contribution in [1.29, 1.82) is 5.26 Å². The quantitative estimate of drug-likeness (QED) is 0.920. The van der Waals surface area contributed by atoms with Crippen molar-refractivity contribution in [1.82, 2.24) is 9.78 Å². The number of nitriles is 1. The number of carbonyl (C=O) groups excluding carboxylic acids is 1. The third-order valence-corrected chi connectivity index (χ3v) is 3.16. The van der Waals surface area contributed by atoms with E-state index in [-0.39, 0.29) is 5.91 Å². The molecule has 0 spiro atoms. The average molecular weight is 298 g/mol. The molecule has 22 heavy (non-hydrogen) atoms. The third-order valence-electron chi connectivity index (χ3n) is 3.16. The molecule has 1 heterocycles. The number of nitrogens with zero attached hydrogens (tertiary/aromatic N) is 3. The number of nitrogens with one attached hydrogen (secondary N) is 1. The zero-order valence-corrected chi connectivity index (χ0v) is 12.9. The number of hydrogen-bond acceptors (Lipinski definition) is 4. The van der Waals surface area contributed by atoms with Crippen LogP contribution < -0.4 is 10.1 Å². The Hall–Kier alpha value is -2.81. The summed E-state index contributed by atoms with van der Waals surface area (Å²) in [6, 6.07) is 9.09. The molecule has 0 bridgehead atoms. The van der Waals surface area contributed by atoms with Crippen LogP contribution in [-0.2, 0) is 7.05 Å². The monoisotopic (exact) mass is 298 g/mol. The molecule has 6 heteroatoms. The van der Waals surface area contributed by atoms with E-state index in [4.69, 9.17) is 4.74 Å². The highest BCUT2D eigenvalue weighted by atomic mass is 16.5. The van der Waals surface area contributed by atoms with Crippen molar-refractivity contribution in [3.05, 3.63) is 41.1 Å². The molecule has 1 aromatic heterocycles. The lowest BCUT2D eigenvalue weighted by Crippen LogP contribution is -2.16. The lowest BCUT2D eigenvalue weighted by molar-refractivity contribution is 0.102. The van der Waals surface area contributed by atoms with Crippen molar-refractivity contribution in [2.24, 2.45) is 7.05 Å². The first-order chi connectivity index (χ1) is 10.6. The molecule has 0 aliphatic heterocycles. The molecule has 1 N–H and O–H groups in total. The van der Waals surface area contributed by atoms with Crippen molar-refractivity contribution in [3.8, 4) is 11.8 Å². The van der Waals surface area contributed by atoms with Crippen LogP contribution in [0.2, 0.25) is 0 Å². The van der Waals surface area contributed by atoms with Gasteiger partial charge in [-0.15, -0.1) is 0 Å². The molecule has 0 fully saturated rings. The molecule has 0 aliphatic carbocycles. The van der Waals surface area contributed by atoms with Gasteiger partial charge in [0.05, 0.1) is 17.9 Å². The van der Waals surface area contributed by atoms with Gasteiger partial charge in [0, 0.05) is 7.05 Å². The maximum absolute atomic E-state index is 12.5. The van der Waals surface area contributed by atoms with Crippen molar-refractivity contribution < 1.29 is 9.53 Å². The second kappa shape index (κ2) is 6.76. The van der Waals surface area contributed by atoms with Gasteiger partial charge in [-0.25, -0.2) is 0 Å². The molecule has 0 saturated heterocycles. The Morgan fingerprint density at radius 3 is 2.86 bits per heavy atom. The summed E-state index contributed by atoms with van der Waals surface area (Å²) in [5, 5.41) is 16.1.